The quantitative estimate of drug-likeness (QED) is 0.351. The van der Waals surface area contributed by atoms with Gasteiger partial charge < -0.3 is 9.80 Å². The molecule has 1 aliphatic heterocycles. The Morgan fingerprint density at radius 2 is 1.65 bits per heavy atom. The minimum absolute atomic E-state index is 0.0816. The van der Waals surface area contributed by atoms with Gasteiger partial charge in [-0.15, -0.1) is 0 Å². The fourth-order valence-corrected chi connectivity index (χ4v) is 5.61. The average Bonchev–Trinajstić information content (AvgIpc) is 3.37. The number of piperazine rings is 1. The number of benzene rings is 2. The summed E-state index contributed by atoms with van der Waals surface area (Å²) in [6, 6.07) is 13.4. The first-order valence-electron chi connectivity index (χ1n) is 12.9. The Morgan fingerprint density at radius 3 is 2.38 bits per heavy atom. The molecule has 0 N–H and O–H groups in total. The maximum absolute atomic E-state index is 13.3. The van der Waals surface area contributed by atoms with E-state index in [1.807, 2.05) is 40.0 Å². The minimum atomic E-state index is -0.347. The van der Waals surface area contributed by atoms with Gasteiger partial charge in [0.25, 0.3) is 5.91 Å². The summed E-state index contributed by atoms with van der Waals surface area (Å²) in [6.45, 7) is 2.39. The lowest BCUT2D eigenvalue weighted by Gasteiger charge is -2.36. The van der Waals surface area contributed by atoms with E-state index < -0.39 is 0 Å². The van der Waals surface area contributed by atoms with Crippen LogP contribution in [0.3, 0.4) is 0 Å². The highest BCUT2D eigenvalue weighted by Crippen LogP contribution is 2.35. The van der Waals surface area contributed by atoms with Gasteiger partial charge in [-0.1, -0.05) is 43.0 Å². The van der Waals surface area contributed by atoms with E-state index >= 15 is 0 Å². The number of aromatic nitrogens is 4. The number of halogens is 2. The second-order valence-electron chi connectivity index (χ2n) is 9.77. The molecular weight excluding hydrogens is 491 g/mol. The van der Waals surface area contributed by atoms with Crippen LogP contribution in [0.2, 0.25) is 5.02 Å². The van der Waals surface area contributed by atoms with Crippen LogP contribution in [-0.4, -0.2) is 56.7 Å². The molecule has 0 spiro atoms. The number of carbonyl (C=O) groups excluding carboxylic acids is 1. The summed E-state index contributed by atoms with van der Waals surface area (Å²) in [7, 11) is 0. The zero-order valence-electron chi connectivity index (χ0n) is 20.5. The van der Waals surface area contributed by atoms with Gasteiger partial charge >= 0.3 is 0 Å². The van der Waals surface area contributed by atoms with E-state index in [4.69, 9.17) is 21.6 Å². The second-order valence-corrected chi connectivity index (χ2v) is 10.2. The predicted octanol–water partition coefficient (Wildman–Crippen LogP) is 5.62. The number of hydrogen-bond donors (Lipinski definition) is 0. The fraction of sp³-hybridized carbons (Fsp3) is 0.357. The molecule has 3 heterocycles. The van der Waals surface area contributed by atoms with Crippen LogP contribution in [0.4, 0.5) is 10.2 Å². The molecule has 4 aromatic rings. The number of para-hydroxylation sites is 1. The smallest absolute Gasteiger partial charge is 0.253 e. The van der Waals surface area contributed by atoms with Gasteiger partial charge in [0, 0.05) is 37.7 Å². The van der Waals surface area contributed by atoms with Gasteiger partial charge in [-0.25, -0.2) is 19.0 Å². The van der Waals surface area contributed by atoms with Gasteiger partial charge in [-0.2, -0.15) is 5.10 Å². The average molecular weight is 519 g/mol. The van der Waals surface area contributed by atoms with Crippen LogP contribution >= 0.6 is 11.6 Å². The maximum atomic E-state index is 13.3. The number of nitrogens with zero attached hydrogens (tertiary/aromatic N) is 6. The Labute approximate surface area is 219 Å². The van der Waals surface area contributed by atoms with Crippen LogP contribution in [0.1, 0.15) is 54.2 Å². The molecule has 9 heteroatoms. The molecule has 0 unspecified atom stereocenters. The van der Waals surface area contributed by atoms with E-state index in [1.165, 1.54) is 43.5 Å². The summed E-state index contributed by atoms with van der Waals surface area (Å²) in [6.07, 6.45) is 7.63. The van der Waals surface area contributed by atoms with Crippen molar-refractivity contribution in [3.8, 4) is 5.69 Å². The zero-order chi connectivity index (χ0) is 25.4. The topological polar surface area (TPSA) is 67.2 Å². The molecule has 190 valence electrons. The summed E-state index contributed by atoms with van der Waals surface area (Å²) in [5.74, 6) is 1.62. The lowest BCUT2D eigenvalue weighted by atomic mass is 9.88. The number of hydrogen-bond acceptors (Lipinski definition) is 5. The van der Waals surface area contributed by atoms with Crippen LogP contribution < -0.4 is 4.90 Å². The molecule has 0 bridgehead atoms. The molecule has 6 rings (SSSR count). The largest absolute Gasteiger partial charge is 0.352 e. The third kappa shape index (κ3) is 4.66. The number of amides is 1. The van der Waals surface area contributed by atoms with Crippen molar-refractivity contribution in [3.63, 3.8) is 0 Å². The van der Waals surface area contributed by atoms with Crippen LogP contribution in [0.25, 0.3) is 16.7 Å². The van der Waals surface area contributed by atoms with E-state index in [9.17, 15) is 9.18 Å². The fourth-order valence-electron chi connectivity index (χ4n) is 5.39. The number of fused-ring (bicyclic) bond motifs is 1. The van der Waals surface area contributed by atoms with Crippen molar-refractivity contribution in [2.45, 2.75) is 38.0 Å². The number of rotatable bonds is 4. The van der Waals surface area contributed by atoms with Crippen molar-refractivity contribution in [1.29, 1.82) is 0 Å². The summed E-state index contributed by atoms with van der Waals surface area (Å²) in [4.78, 5) is 27.1. The lowest BCUT2D eigenvalue weighted by Crippen LogP contribution is -2.49. The third-order valence-corrected chi connectivity index (χ3v) is 7.75. The van der Waals surface area contributed by atoms with Gasteiger partial charge in [-0.3, -0.25) is 4.79 Å². The molecule has 1 amide bonds. The molecule has 0 radical (unpaired) electrons. The molecule has 2 fully saturated rings. The van der Waals surface area contributed by atoms with Crippen LogP contribution in [0.15, 0.2) is 54.7 Å². The number of anilines is 1. The molecule has 0 atom stereocenters. The minimum Gasteiger partial charge on any atom is -0.352 e. The summed E-state index contributed by atoms with van der Waals surface area (Å²) < 4.78 is 15.1. The number of carbonyl (C=O) groups is 1. The Kier molecular flexibility index (Phi) is 6.50. The van der Waals surface area contributed by atoms with Crippen molar-refractivity contribution in [3.05, 3.63) is 77.0 Å². The highest BCUT2D eigenvalue weighted by Gasteiger charge is 2.28. The summed E-state index contributed by atoms with van der Waals surface area (Å²) in [5.41, 5.74) is 2.04. The second kappa shape index (κ2) is 10.1. The highest BCUT2D eigenvalue weighted by atomic mass is 35.5. The van der Waals surface area contributed by atoms with Crippen LogP contribution in [0.5, 0.6) is 0 Å². The van der Waals surface area contributed by atoms with Gasteiger partial charge in [-0.05, 0) is 49.2 Å². The maximum Gasteiger partial charge on any atom is 0.253 e. The molecular formula is C28H28ClFN6O. The third-order valence-electron chi connectivity index (χ3n) is 7.43. The van der Waals surface area contributed by atoms with Crippen molar-refractivity contribution in [2.24, 2.45) is 0 Å². The van der Waals surface area contributed by atoms with Gasteiger partial charge in [0.15, 0.2) is 5.65 Å². The Bertz CT molecular complexity index is 1420. The normalized spacial score (nSPS) is 16.9. The molecule has 37 heavy (non-hydrogen) atoms. The standard InChI is InChI=1S/C28H28ClFN6O/c29-23-8-4-5-9-24(23)36-27-22(18-31-36)26(32-25(33-27)19-6-2-1-3-7-19)34-14-16-35(17-15-34)28(37)20-10-12-21(30)13-11-20/h4-5,8-13,18-19H,1-3,6-7,14-17H2. The molecule has 2 aliphatic rings. The van der Waals surface area contributed by atoms with E-state index in [1.54, 1.807) is 0 Å². The van der Waals surface area contributed by atoms with Crippen LogP contribution in [-0.2, 0) is 0 Å². The van der Waals surface area contributed by atoms with Gasteiger partial charge in [0.2, 0.25) is 0 Å². The van der Waals surface area contributed by atoms with Gasteiger partial charge in [0.1, 0.15) is 17.5 Å². The summed E-state index contributed by atoms with van der Waals surface area (Å²) in [5, 5.41) is 6.15. The van der Waals surface area contributed by atoms with Gasteiger partial charge in [0.05, 0.1) is 22.3 Å². The predicted molar refractivity (Wildman–Crippen MR) is 142 cm³/mol. The first-order valence-corrected chi connectivity index (χ1v) is 13.3. The first kappa shape index (κ1) is 23.9. The molecule has 2 aromatic heterocycles. The zero-order valence-corrected chi connectivity index (χ0v) is 21.2. The van der Waals surface area contributed by atoms with E-state index in [-0.39, 0.29) is 11.7 Å². The monoisotopic (exact) mass is 518 g/mol. The molecule has 2 aromatic carbocycles. The molecule has 1 aliphatic carbocycles. The lowest BCUT2D eigenvalue weighted by molar-refractivity contribution is 0.0746. The van der Waals surface area contributed by atoms with E-state index in [2.05, 4.69) is 10.00 Å². The Morgan fingerprint density at radius 1 is 0.919 bits per heavy atom. The molecule has 1 saturated carbocycles. The van der Waals surface area contributed by atoms with Crippen LogP contribution in [0, 0.1) is 5.82 Å². The Hall–Kier alpha value is -3.52. The van der Waals surface area contributed by atoms with Crippen molar-refractivity contribution >= 4 is 34.4 Å². The molecule has 1 saturated heterocycles. The van der Waals surface area contributed by atoms with Crippen molar-refractivity contribution in [1.82, 2.24) is 24.6 Å². The highest BCUT2D eigenvalue weighted by molar-refractivity contribution is 6.32. The summed E-state index contributed by atoms with van der Waals surface area (Å²) >= 11 is 6.52. The van der Waals surface area contributed by atoms with E-state index in [0.717, 1.165) is 41.2 Å². The SMILES string of the molecule is O=C(c1ccc(F)cc1)N1CCN(c2nc(C3CCCCC3)nc3c2cnn3-c2ccccc2Cl)CC1. The van der Waals surface area contributed by atoms with E-state index in [0.29, 0.717) is 42.7 Å². The Balaban J connectivity index is 1.33. The van der Waals surface area contributed by atoms with Crippen molar-refractivity contribution < 1.29 is 9.18 Å². The first-order chi connectivity index (χ1) is 18.1. The van der Waals surface area contributed by atoms with Crippen molar-refractivity contribution in [2.75, 3.05) is 31.1 Å². The molecule has 7 nitrogen and oxygen atoms in total.